The smallest absolute Gasteiger partial charge is 0.405 e. The fraction of sp³-hybridized carbons (Fsp3) is 0.300. The Morgan fingerprint density at radius 1 is 1.24 bits per heavy atom. The molecule has 5 nitrogen and oxygen atoms in total. The van der Waals surface area contributed by atoms with E-state index in [1.165, 1.54) is 0 Å². The van der Waals surface area contributed by atoms with Gasteiger partial charge in [-0.05, 0) is 29.2 Å². The van der Waals surface area contributed by atoms with Gasteiger partial charge in [-0.2, -0.15) is 0 Å². The van der Waals surface area contributed by atoms with Crippen LogP contribution in [0.4, 0.5) is 4.79 Å². The van der Waals surface area contributed by atoms with E-state index in [0.717, 1.165) is 29.2 Å². The molecule has 0 fully saturated rings. The average Bonchev–Trinajstić information content (AvgIpc) is 2.60. The number of amides is 2. The summed E-state index contributed by atoms with van der Waals surface area (Å²) in [6, 6.07) is 12.9. The summed E-state index contributed by atoms with van der Waals surface area (Å²) in [5.41, 5.74) is 0.949. The Morgan fingerprint density at radius 3 is 2.68 bits per heavy atom. The normalized spacial score (nSPS) is 11.7. The molecule has 0 saturated carbocycles. The SMILES string of the molecule is C=CCCCN(C)C(=O)C(Cc1cccc2ccccc12)NC(=O)O. The Balaban J connectivity index is 2.20. The number of likely N-dealkylation sites (N-methyl/N-ethyl adjacent to an activating group) is 1. The lowest BCUT2D eigenvalue weighted by molar-refractivity contribution is -0.132. The topological polar surface area (TPSA) is 69.6 Å². The number of nitrogens with zero attached hydrogens (tertiary/aromatic N) is 1. The first kappa shape index (κ1) is 18.5. The van der Waals surface area contributed by atoms with Crippen molar-refractivity contribution < 1.29 is 14.7 Å². The molecule has 1 unspecified atom stereocenters. The van der Waals surface area contributed by atoms with Crippen molar-refractivity contribution in [2.24, 2.45) is 0 Å². The van der Waals surface area contributed by atoms with Crippen LogP contribution >= 0.6 is 0 Å². The minimum absolute atomic E-state index is 0.223. The van der Waals surface area contributed by atoms with Crippen molar-refractivity contribution in [1.29, 1.82) is 0 Å². The van der Waals surface area contributed by atoms with Crippen LogP contribution in [0.1, 0.15) is 18.4 Å². The van der Waals surface area contributed by atoms with E-state index < -0.39 is 12.1 Å². The van der Waals surface area contributed by atoms with E-state index >= 15 is 0 Å². The summed E-state index contributed by atoms with van der Waals surface area (Å²) in [7, 11) is 1.70. The number of carboxylic acid groups (broad SMARTS) is 1. The van der Waals surface area contributed by atoms with Crippen LogP contribution < -0.4 is 5.32 Å². The monoisotopic (exact) mass is 340 g/mol. The van der Waals surface area contributed by atoms with E-state index in [1.807, 2.05) is 42.5 Å². The molecule has 0 aromatic heterocycles. The molecule has 0 aliphatic carbocycles. The summed E-state index contributed by atoms with van der Waals surface area (Å²) >= 11 is 0. The molecule has 0 aliphatic heterocycles. The molecule has 25 heavy (non-hydrogen) atoms. The third-order valence-electron chi connectivity index (χ3n) is 4.18. The summed E-state index contributed by atoms with van der Waals surface area (Å²) in [5.74, 6) is -0.223. The Morgan fingerprint density at radius 2 is 1.96 bits per heavy atom. The van der Waals surface area contributed by atoms with Gasteiger partial charge in [-0.25, -0.2) is 4.79 Å². The number of nitrogens with one attached hydrogen (secondary N) is 1. The maximum Gasteiger partial charge on any atom is 0.405 e. The second-order valence-electron chi connectivity index (χ2n) is 6.04. The summed E-state index contributed by atoms with van der Waals surface area (Å²) < 4.78 is 0. The highest BCUT2D eigenvalue weighted by Gasteiger charge is 2.24. The molecule has 0 bridgehead atoms. The molecule has 0 radical (unpaired) electrons. The van der Waals surface area contributed by atoms with Crippen LogP contribution in [0.3, 0.4) is 0 Å². The predicted octanol–water partition coefficient (Wildman–Crippen LogP) is 3.44. The highest BCUT2D eigenvalue weighted by molar-refractivity contribution is 5.89. The van der Waals surface area contributed by atoms with E-state index in [0.29, 0.717) is 13.0 Å². The van der Waals surface area contributed by atoms with Crippen LogP contribution in [0, 0.1) is 0 Å². The number of rotatable bonds is 8. The molecule has 0 saturated heterocycles. The summed E-state index contributed by atoms with van der Waals surface area (Å²) in [6.45, 7) is 4.24. The maximum atomic E-state index is 12.7. The Hall–Kier alpha value is -2.82. The average molecular weight is 340 g/mol. The van der Waals surface area contributed by atoms with E-state index in [4.69, 9.17) is 5.11 Å². The van der Waals surface area contributed by atoms with Crippen molar-refractivity contribution in [2.45, 2.75) is 25.3 Å². The number of hydrogen-bond donors (Lipinski definition) is 2. The molecule has 0 heterocycles. The molecule has 132 valence electrons. The molecule has 2 aromatic carbocycles. The van der Waals surface area contributed by atoms with Gasteiger partial charge in [-0.1, -0.05) is 48.5 Å². The van der Waals surface area contributed by atoms with E-state index in [-0.39, 0.29) is 5.91 Å². The van der Waals surface area contributed by atoms with Gasteiger partial charge in [-0.3, -0.25) is 4.79 Å². The first-order valence-electron chi connectivity index (χ1n) is 8.35. The number of fused-ring (bicyclic) bond motifs is 1. The molecular weight excluding hydrogens is 316 g/mol. The first-order valence-corrected chi connectivity index (χ1v) is 8.35. The third kappa shape index (κ3) is 5.08. The lowest BCUT2D eigenvalue weighted by Gasteiger charge is -2.24. The number of allylic oxidation sites excluding steroid dienone is 1. The molecule has 2 rings (SSSR count). The van der Waals surface area contributed by atoms with Crippen LogP contribution in [-0.4, -0.2) is 41.6 Å². The van der Waals surface area contributed by atoms with Crippen molar-refractivity contribution in [3.8, 4) is 0 Å². The van der Waals surface area contributed by atoms with Gasteiger partial charge >= 0.3 is 6.09 Å². The van der Waals surface area contributed by atoms with Gasteiger partial charge in [0.15, 0.2) is 0 Å². The second kappa shape index (κ2) is 8.87. The van der Waals surface area contributed by atoms with Crippen LogP contribution in [0.5, 0.6) is 0 Å². The van der Waals surface area contributed by atoms with Crippen molar-refractivity contribution in [3.05, 3.63) is 60.7 Å². The highest BCUT2D eigenvalue weighted by atomic mass is 16.4. The number of carbonyl (C=O) groups is 2. The molecule has 5 heteroatoms. The second-order valence-corrected chi connectivity index (χ2v) is 6.04. The summed E-state index contributed by atoms with van der Waals surface area (Å²) in [4.78, 5) is 25.4. The Labute approximate surface area is 147 Å². The van der Waals surface area contributed by atoms with Gasteiger partial charge in [0.2, 0.25) is 5.91 Å². The van der Waals surface area contributed by atoms with Gasteiger partial charge < -0.3 is 15.3 Å². The first-order chi connectivity index (χ1) is 12.0. The van der Waals surface area contributed by atoms with Crippen molar-refractivity contribution in [1.82, 2.24) is 10.2 Å². The van der Waals surface area contributed by atoms with Crippen LogP contribution in [0.15, 0.2) is 55.1 Å². The lowest BCUT2D eigenvalue weighted by atomic mass is 9.98. The fourth-order valence-electron chi connectivity index (χ4n) is 2.89. The van der Waals surface area contributed by atoms with Crippen LogP contribution in [0.25, 0.3) is 10.8 Å². The van der Waals surface area contributed by atoms with E-state index in [9.17, 15) is 9.59 Å². The summed E-state index contributed by atoms with van der Waals surface area (Å²) in [6.07, 6.45) is 2.55. The lowest BCUT2D eigenvalue weighted by Crippen LogP contribution is -2.48. The Kier molecular flexibility index (Phi) is 6.57. The zero-order valence-electron chi connectivity index (χ0n) is 14.4. The van der Waals surface area contributed by atoms with Gasteiger partial charge in [-0.15, -0.1) is 6.58 Å². The quantitative estimate of drug-likeness (QED) is 0.571. The zero-order chi connectivity index (χ0) is 18.2. The van der Waals surface area contributed by atoms with E-state index in [1.54, 1.807) is 18.0 Å². The third-order valence-corrected chi connectivity index (χ3v) is 4.18. The van der Waals surface area contributed by atoms with Gasteiger partial charge in [0, 0.05) is 20.0 Å². The number of carbonyl (C=O) groups excluding carboxylic acids is 1. The zero-order valence-corrected chi connectivity index (χ0v) is 14.4. The Bertz CT molecular complexity index is 752. The largest absolute Gasteiger partial charge is 0.465 e. The minimum Gasteiger partial charge on any atom is -0.465 e. The molecule has 1 atom stereocenters. The van der Waals surface area contributed by atoms with Crippen molar-refractivity contribution in [3.63, 3.8) is 0 Å². The maximum absolute atomic E-state index is 12.7. The molecule has 0 aliphatic rings. The van der Waals surface area contributed by atoms with Gasteiger partial charge in [0.1, 0.15) is 6.04 Å². The van der Waals surface area contributed by atoms with Gasteiger partial charge in [0.05, 0.1) is 0 Å². The van der Waals surface area contributed by atoms with E-state index in [2.05, 4.69) is 11.9 Å². The van der Waals surface area contributed by atoms with Crippen molar-refractivity contribution >= 4 is 22.8 Å². The van der Waals surface area contributed by atoms with Crippen LogP contribution in [-0.2, 0) is 11.2 Å². The van der Waals surface area contributed by atoms with Crippen molar-refractivity contribution in [2.75, 3.05) is 13.6 Å². The number of hydrogen-bond acceptors (Lipinski definition) is 2. The van der Waals surface area contributed by atoms with Crippen LogP contribution in [0.2, 0.25) is 0 Å². The van der Waals surface area contributed by atoms with Gasteiger partial charge in [0.25, 0.3) is 0 Å². The predicted molar refractivity (Wildman–Crippen MR) is 99.7 cm³/mol. The molecule has 0 spiro atoms. The molecular formula is C20H24N2O3. The molecule has 2 amide bonds. The highest BCUT2D eigenvalue weighted by Crippen LogP contribution is 2.20. The summed E-state index contributed by atoms with van der Waals surface area (Å²) in [5, 5.41) is 13.6. The number of benzene rings is 2. The molecule has 2 N–H and O–H groups in total. The molecule has 2 aromatic rings. The standard InChI is InChI=1S/C20H24N2O3/c1-3-4-7-13-22(2)19(23)18(21-20(24)25)14-16-11-8-10-15-9-5-6-12-17(15)16/h3,5-6,8-12,18,21H,1,4,7,13-14H2,2H3,(H,24,25). The number of unbranched alkanes of at least 4 members (excludes halogenated alkanes) is 1. The minimum atomic E-state index is -1.20. The fourth-order valence-corrected chi connectivity index (χ4v) is 2.89.